The highest BCUT2D eigenvalue weighted by molar-refractivity contribution is 5.78. The Hall–Kier alpha value is -2.25. The molecule has 1 atom stereocenters. The van der Waals surface area contributed by atoms with Gasteiger partial charge in [-0.3, -0.25) is 9.69 Å². The Balaban J connectivity index is 1.16. The lowest BCUT2D eigenvalue weighted by molar-refractivity contribution is -0.126. The number of likely N-dealkylation sites (tertiary alicyclic amines) is 2. The molecular formula is C29H45N5O2. The summed E-state index contributed by atoms with van der Waals surface area (Å²) in [7, 11) is 0. The van der Waals surface area contributed by atoms with Gasteiger partial charge in [0.25, 0.3) is 0 Å². The first-order chi connectivity index (χ1) is 17.3. The van der Waals surface area contributed by atoms with Gasteiger partial charge in [-0.2, -0.15) is 4.98 Å². The number of aromatic nitrogens is 2. The third kappa shape index (κ3) is 7.16. The van der Waals surface area contributed by atoms with Crippen molar-refractivity contribution in [2.45, 2.75) is 90.6 Å². The van der Waals surface area contributed by atoms with Crippen LogP contribution in [0.3, 0.4) is 0 Å². The number of hydrogen-bond donors (Lipinski definition) is 1. The van der Waals surface area contributed by atoms with Gasteiger partial charge >= 0.3 is 0 Å². The van der Waals surface area contributed by atoms with Crippen LogP contribution in [0.2, 0.25) is 0 Å². The van der Waals surface area contributed by atoms with E-state index in [4.69, 9.17) is 4.52 Å². The fourth-order valence-electron chi connectivity index (χ4n) is 5.55. The first-order valence-electron chi connectivity index (χ1n) is 14.0. The van der Waals surface area contributed by atoms with E-state index in [2.05, 4.69) is 77.2 Å². The molecule has 7 nitrogen and oxygen atoms in total. The summed E-state index contributed by atoms with van der Waals surface area (Å²) in [5, 5.41) is 7.39. The van der Waals surface area contributed by atoms with Crippen LogP contribution in [-0.4, -0.2) is 64.6 Å². The Bertz CT molecular complexity index is 957. The smallest absolute Gasteiger partial charge is 0.241 e. The van der Waals surface area contributed by atoms with Crippen molar-refractivity contribution in [1.82, 2.24) is 25.3 Å². The van der Waals surface area contributed by atoms with Gasteiger partial charge in [-0.05, 0) is 69.1 Å². The summed E-state index contributed by atoms with van der Waals surface area (Å²) in [5.74, 6) is 1.60. The summed E-state index contributed by atoms with van der Waals surface area (Å²) in [6.45, 7) is 14.4. The number of rotatable bonds is 9. The molecule has 198 valence electrons. The lowest BCUT2D eigenvalue weighted by Gasteiger charge is -2.35. The molecular weight excluding hydrogens is 450 g/mol. The van der Waals surface area contributed by atoms with Crippen LogP contribution in [-0.2, 0) is 16.8 Å². The molecule has 2 fully saturated rings. The molecule has 36 heavy (non-hydrogen) atoms. The first-order valence-corrected chi connectivity index (χ1v) is 14.0. The number of nitrogens with one attached hydrogen (secondary N) is 1. The van der Waals surface area contributed by atoms with Crippen LogP contribution in [0.25, 0.3) is 11.4 Å². The Kier molecular flexibility index (Phi) is 9.18. The van der Waals surface area contributed by atoms with Crippen molar-refractivity contribution in [3.63, 3.8) is 0 Å². The third-order valence-electron chi connectivity index (χ3n) is 7.94. The molecule has 2 aromatic rings. The van der Waals surface area contributed by atoms with Crippen molar-refractivity contribution in [1.29, 1.82) is 0 Å². The average molecular weight is 496 g/mol. The van der Waals surface area contributed by atoms with Gasteiger partial charge in [0.05, 0.1) is 6.54 Å². The molecule has 0 bridgehead atoms. The summed E-state index contributed by atoms with van der Waals surface area (Å²) in [5.41, 5.74) is 2.38. The highest BCUT2D eigenvalue weighted by Crippen LogP contribution is 2.26. The number of carbonyl (C=O) groups excluding carboxylic acids is 1. The van der Waals surface area contributed by atoms with Gasteiger partial charge in [-0.1, -0.05) is 63.5 Å². The zero-order valence-corrected chi connectivity index (χ0v) is 22.8. The largest absolute Gasteiger partial charge is 0.356 e. The van der Waals surface area contributed by atoms with Crippen molar-refractivity contribution in [2.24, 2.45) is 5.92 Å². The van der Waals surface area contributed by atoms with Gasteiger partial charge in [0.1, 0.15) is 0 Å². The number of amides is 1. The topological polar surface area (TPSA) is 74.5 Å². The molecule has 1 aromatic carbocycles. The Morgan fingerprint density at radius 1 is 1.08 bits per heavy atom. The molecule has 0 radical (unpaired) electrons. The van der Waals surface area contributed by atoms with Crippen LogP contribution in [0.15, 0.2) is 28.8 Å². The molecule has 1 aromatic heterocycles. The highest BCUT2D eigenvalue weighted by Gasteiger charge is 2.26. The van der Waals surface area contributed by atoms with Gasteiger partial charge in [0.2, 0.25) is 17.6 Å². The molecule has 1 N–H and O–H groups in total. The maximum Gasteiger partial charge on any atom is 0.241 e. The van der Waals surface area contributed by atoms with Gasteiger partial charge in [0, 0.05) is 30.6 Å². The Labute approximate surface area is 217 Å². The first kappa shape index (κ1) is 26.8. The Morgan fingerprint density at radius 2 is 1.83 bits per heavy atom. The fraction of sp³-hybridized carbons (Fsp3) is 0.690. The molecule has 7 heteroatoms. The van der Waals surface area contributed by atoms with Crippen molar-refractivity contribution in [3.8, 4) is 11.4 Å². The fourth-order valence-corrected chi connectivity index (χ4v) is 5.55. The van der Waals surface area contributed by atoms with E-state index in [1.165, 1.54) is 37.8 Å². The molecule has 0 saturated carbocycles. The normalized spacial score (nSPS) is 20.5. The van der Waals surface area contributed by atoms with Gasteiger partial charge in [0.15, 0.2) is 0 Å². The quantitative estimate of drug-likeness (QED) is 0.493. The van der Waals surface area contributed by atoms with Crippen LogP contribution < -0.4 is 5.32 Å². The van der Waals surface area contributed by atoms with E-state index >= 15 is 0 Å². The lowest BCUT2D eigenvalue weighted by atomic mass is 9.87. The minimum Gasteiger partial charge on any atom is -0.356 e. The molecule has 4 rings (SSSR count). The monoisotopic (exact) mass is 495 g/mol. The standard InChI is InChI=1S/C29H45N5O2/c1-5-25-9-6-7-17-34(25)18-8-16-30-28(35)23-14-19-33(20-15-23)21-26-31-27(32-36-26)22-10-12-24(13-11-22)29(2,3)4/h10-13,23,25H,5-9,14-21H2,1-4H3,(H,30,35). The number of benzene rings is 1. The van der Waals surface area contributed by atoms with Gasteiger partial charge in [-0.25, -0.2) is 0 Å². The number of carbonyl (C=O) groups is 1. The van der Waals surface area contributed by atoms with E-state index in [-0.39, 0.29) is 17.2 Å². The summed E-state index contributed by atoms with van der Waals surface area (Å²) in [6, 6.07) is 9.14. The maximum atomic E-state index is 12.7. The summed E-state index contributed by atoms with van der Waals surface area (Å²) >= 11 is 0. The predicted octanol–water partition coefficient (Wildman–Crippen LogP) is 5.02. The van der Waals surface area contributed by atoms with E-state index in [0.29, 0.717) is 18.3 Å². The van der Waals surface area contributed by atoms with E-state index < -0.39 is 0 Å². The van der Waals surface area contributed by atoms with E-state index in [1.54, 1.807) is 0 Å². The minimum atomic E-state index is 0.110. The summed E-state index contributed by atoms with van der Waals surface area (Å²) in [4.78, 5) is 22.2. The highest BCUT2D eigenvalue weighted by atomic mass is 16.5. The predicted molar refractivity (Wildman–Crippen MR) is 144 cm³/mol. The number of piperidine rings is 2. The number of hydrogen-bond acceptors (Lipinski definition) is 6. The average Bonchev–Trinajstić information content (AvgIpc) is 3.35. The number of nitrogens with zero attached hydrogens (tertiary/aromatic N) is 4. The van der Waals surface area contributed by atoms with Crippen molar-refractivity contribution < 1.29 is 9.32 Å². The van der Waals surface area contributed by atoms with Crippen molar-refractivity contribution >= 4 is 5.91 Å². The molecule has 2 aliphatic rings. The molecule has 2 saturated heterocycles. The summed E-state index contributed by atoms with van der Waals surface area (Å²) < 4.78 is 5.54. The Morgan fingerprint density at radius 3 is 2.53 bits per heavy atom. The van der Waals surface area contributed by atoms with Crippen LogP contribution in [0.5, 0.6) is 0 Å². The second-order valence-electron chi connectivity index (χ2n) is 11.6. The van der Waals surface area contributed by atoms with Gasteiger partial charge < -0.3 is 14.7 Å². The van der Waals surface area contributed by atoms with Crippen LogP contribution in [0.4, 0.5) is 0 Å². The third-order valence-corrected chi connectivity index (χ3v) is 7.94. The van der Waals surface area contributed by atoms with Crippen molar-refractivity contribution in [2.75, 3.05) is 32.7 Å². The zero-order valence-electron chi connectivity index (χ0n) is 22.8. The van der Waals surface area contributed by atoms with Crippen LogP contribution >= 0.6 is 0 Å². The van der Waals surface area contributed by atoms with Gasteiger partial charge in [-0.15, -0.1) is 0 Å². The van der Waals surface area contributed by atoms with Crippen molar-refractivity contribution in [3.05, 3.63) is 35.7 Å². The molecule has 0 aliphatic carbocycles. The molecule has 3 heterocycles. The maximum absolute atomic E-state index is 12.7. The van der Waals surface area contributed by atoms with Crippen LogP contribution in [0.1, 0.15) is 84.1 Å². The van der Waals surface area contributed by atoms with E-state index in [9.17, 15) is 4.79 Å². The molecule has 2 aliphatic heterocycles. The zero-order chi connectivity index (χ0) is 25.5. The summed E-state index contributed by atoms with van der Waals surface area (Å²) in [6.07, 6.45) is 8.05. The molecule has 0 spiro atoms. The second-order valence-corrected chi connectivity index (χ2v) is 11.6. The minimum absolute atomic E-state index is 0.110. The lowest BCUT2D eigenvalue weighted by Crippen LogP contribution is -2.42. The van der Waals surface area contributed by atoms with Crippen LogP contribution in [0, 0.1) is 5.92 Å². The molecule has 1 unspecified atom stereocenters. The SMILES string of the molecule is CCC1CCCCN1CCCNC(=O)C1CCN(Cc2nc(-c3ccc(C(C)(C)C)cc3)no2)CC1. The van der Waals surface area contributed by atoms with E-state index in [0.717, 1.165) is 57.0 Å². The van der Waals surface area contributed by atoms with E-state index in [1.807, 2.05) is 0 Å². The second kappa shape index (κ2) is 12.3. The molecule has 1 amide bonds.